The van der Waals surface area contributed by atoms with Crippen molar-refractivity contribution in [2.75, 3.05) is 5.75 Å². The molecule has 4 heteroatoms. The topological polar surface area (TPSA) is 42.2 Å². The highest BCUT2D eigenvalue weighted by Crippen LogP contribution is 2.19. The van der Waals surface area contributed by atoms with Crippen LogP contribution in [-0.4, -0.2) is 11.7 Å². The van der Waals surface area contributed by atoms with Gasteiger partial charge in [-0.3, -0.25) is 4.79 Å². The molecule has 0 fully saturated rings. The summed E-state index contributed by atoms with van der Waals surface area (Å²) in [6.07, 6.45) is 1.42. The summed E-state index contributed by atoms with van der Waals surface area (Å²) in [4.78, 5) is 13.1. The molecule has 0 aliphatic carbocycles. The van der Waals surface area contributed by atoms with Crippen molar-refractivity contribution in [3.05, 3.63) is 54.0 Å². The van der Waals surface area contributed by atoms with Crippen LogP contribution in [0.1, 0.15) is 37.3 Å². The van der Waals surface area contributed by atoms with Crippen LogP contribution in [0.2, 0.25) is 0 Å². The summed E-state index contributed by atoms with van der Waals surface area (Å²) < 4.78 is 5.51. The highest BCUT2D eigenvalue weighted by molar-refractivity contribution is 7.99. The minimum Gasteiger partial charge on any atom is -0.464 e. The van der Waals surface area contributed by atoms with Crippen molar-refractivity contribution in [2.24, 2.45) is 0 Å². The maximum Gasteiger partial charge on any atom is 0.220 e. The fraction of sp³-hybridized carbons (Fsp3) is 0.353. The van der Waals surface area contributed by atoms with Crippen LogP contribution in [0.4, 0.5) is 0 Å². The Balaban J connectivity index is 1.65. The molecule has 0 aliphatic heterocycles. The quantitative estimate of drug-likeness (QED) is 0.611. The van der Waals surface area contributed by atoms with Crippen LogP contribution in [-0.2, 0) is 4.79 Å². The van der Waals surface area contributed by atoms with E-state index in [0.717, 1.165) is 23.7 Å². The van der Waals surface area contributed by atoms with Gasteiger partial charge < -0.3 is 9.73 Å². The molecule has 0 saturated carbocycles. The second kappa shape index (κ2) is 7.93. The van der Waals surface area contributed by atoms with Crippen molar-refractivity contribution in [2.45, 2.75) is 37.6 Å². The number of thioether (sulfide) groups is 1. The van der Waals surface area contributed by atoms with Gasteiger partial charge in [-0.15, -0.1) is 11.8 Å². The number of aryl methyl sites for hydroxylation is 1. The molecule has 21 heavy (non-hydrogen) atoms. The smallest absolute Gasteiger partial charge is 0.220 e. The molecule has 2 rings (SSSR count). The maximum atomic E-state index is 11.9. The fourth-order valence-corrected chi connectivity index (χ4v) is 2.88. The number of carbonyl (C=O) groups excluding carboxylic acids is 1. The van der Waals surface area contributed by atoms with Gasteiger partial charge in [0, 0.05) is 11.3 Å². The van der Waals surface area contributed by atoms with E-state index in [9.17, 15) is 4.79 Å². The van der Waals surface area contributed by atoms with Gasteiger partial charge in [0.05, 0.1) is 6.04 Å². The van der Waals surface area contributed by atoms with E-state index >= 15 is 0 Å². The maximum absolute atomic E-state index is 11.9. The Hall–Kier alpha value is -1.68. The lowest BCUT2D eigenvalue weighted by molar-refractivity contribution is -0.121. The van der Waals surface area contributed by atoms with Crippen LogP contribution in [0, 0.1) is 6.92 Å². The highest BCUT2D eigenvalue weighted by Gasteiger charge is 2.12. The van der Waals surface area contributed by atoms with Gasteiger partial charge in [-0.25, -0.2) is 0 Å². The van der Waals surface area contributed by atoms with E-state index < -0.39 is 0 Å². The van der Waals surface area contributed by atoms with Gasteiger partial charge in [-0.2, -0.15) is 0 Å². The standard InChI is InChI=1S/C17H21NO2S/c1-13-10-11-16(20-13)14(2)18-17(19)9-6-12-21-15-7-4-3-5-8-15/h3-5,7-8,10-11,14H,6,9,12H2,1-2H3,(H,18,19)/t14-/m1/s1. The average molecular weight is 303 g/mol. The molecule has 112 valence electrons. The SMILES string of the molecule is Cc1ccc([C@@H](C)NC(=O)CCCSc2ccccc2)o1. The molecule has 0 radical (unpaired) electrons. The van der Waals surface area contributed by atoms with Gasteiger partial charge in [0.2, 0.25) is 5.91 Å². The molecule has 1 atom stereocenters. The first-order chi connectivity index (χ1) is 10.1. The van der Waals surface area contributed by atoms with Crippen molar-refractivity contribution < 1.29 is 9.21 Å². The lowest BCUT2D eigenvalue weighted by Crippen LogP contribution is -2.26. The summed E-state index contributed by atoms with van der Waals surface area (Å²) in [6.45, 7) is 3.84. The molecule has 0 saturated heterocycles. The molecule has 1 N–H and O–H groups in total. The van der Waals surface area contributed by atoms with E-state index in [0.29, 0.717) is 6.42 Å². The van der Waals surface area contributed by atoms with Gasteiger partial charge in [0.25, 0.3) is 0 Å². The lowest BCUT2D eigenvalue weighted by Gasteiger charge is -2.11. The summed E-state index contributed by atoms with van der Waals surface area (Å²) in [5.74, 6) is 2.70. The predicted molar refractivity (Wildman–Crippen MR) is 86.4 cm³/mol. The second-order valence-electron chi connectivity index (χ2n) is 5.00. The Bertz CT molecular complexity index is 565. The average Bonchev–Trinajstić information content (AvgIpc) is 2.91. The largest absolute Gasteiger partial charge is 0.464 e. The second-order valence-corrected chi connectivity index (χ2v) is 6.17. The van der Waals surface area contributed by atoms with Crippen molar-refractivity contribution in [1.82, 2.24) is 5.32 Å². The highest BCUT2D eigenvalue weighted by atomic mass is 32.2. The molecule has 0 unspecified atom stereocenters. The summed E-state index contributed by atoms with van der Waals surface area (Å²) in [7, 11) is 0. The Morgan fingerprint density at radius 1 is 1.24 bits per heavy atom. The molecular formula is C17H21NO2S. The Morgan fingerprint density at radius 3 is 2.67 bits per heavy atom. The van der Waals surface area contributed by atoms with E-state index in [4.69, 9.17) is 4.42 Å². The zero-order valence-electron chi connectivity index (χ0n) is 12.5. The van der Waals surface area contributed by atoms with Crippen LogP contribution in [0.3, 0.4) is 0 Å². The van der Waals surface area contributed by atoms with E-state index in [1.807, 2.05) is 44.2 Å². The molecule has 0 bridgehead atoms. The fourth-order valence-electron chi connectivity index (χ4n) is 2.01. The molecule has 1 aromatic carbocycles. The van der Waals surface area contributed by atoms with Crippen LogP contribution in [0.15, 0.2) is 51.8 Å². The van der Waals surface area contributed by atoms with E-state index in [1.54, 1.807) is 11.8 Å². The Morgan fingerprint density at radius 2 is 2.00 bits per heavy atom. The summed E-state index contributed by atoms with van der Waals surface area (Å²) >= 11 is 1.78. The first-order valence-corrected chi connectivity index (χ1v) is 8.17. The Labute approximate surface area is 130 Å². The molecule has 1 heterocycles. The van der Waals surface area contributed by atoms with E-state index in [1.165, 1.54) is 4.90 Å². The van der Waals surface area contributed by atoms with Crippen LogP contribution in [0.25, 0.3) is 0 Å². The molecule has 0 aliphatic rings. The van der Waals surface area contributed by atoms with Crippen LogP contribution >= 0.6 is 11.8 Å². The first-order valence-electron chi connectivity index (χ1n) is 7.18. The zero-order valence-corrected chi connectivity index (χ0v) is 13.3. The molecule has 2 aromatic rings. The number of amides is 1. The number of carbonyl (C=O) groups is 1. The van der Waals surface area contributed by atoms with Crippen LogP contribution < -0.4 is 5.32 Å². The third kappa shape index (κ3) is 5.31. The summed E-state index contributed by atoms with van der Waals surface area (Å²) in [5, 5.41) is 2.97. The number of hydrogen-bond donors (Lipinski definition) is 1. The number of benzene rings is 1. The molecular weight excluding hydrogens is 282 g/mol. The Kier molecular flexibility index (Phi) is 5.93. The number of nitrogens with one attached hydrogen (secondary N) is 1. The van der Waals surface area contributed by atoms with E-state index in [2.05, 4.69) is 17.4 Å². The monoisotopic (exact) mass is 303 g/mol. The van der Waals surface area contributed by atoms with Gasteiger partial charge in [-0.05, 0) is 50.3 Å². The molecule has 0 spiro atoms. The number of furan rings is 1. The van der Waals surface area contributed by atoms with Crippen LogP contribution in [0.5, 0.6) is 0 Å². The van der Waals surface area contributed by atoms with Gasteiger partial charge in [0.15, 0.2) is 0 Å². The van der Waals surface area contributed by atoms with Crippen molar-refractivity contribution in [3.8, 4) is 0 Å². The normalized spacial score (nSPS) is 12.1. The summed E-state index contributed by atoms with van der Waals surface area (Å²) in [6, 6.07) is 14.0. The minimum atomic E-state index is -0.0759. The van der Waals surface area contributed by atoms with Crippen molar-refractivity contribution >= 4 is 17.7 Å². The minimum absolute atomic E-state index is 0.0743. The van der Waals surface area contributed by atoms with Crippen molar-refractivity contribution in [1.29, 1.82) is 0 Å². The molecule has 3 nitrogen and oxygen atoms in total. The third-order valence-electron chi connectivity index (χ3n) is 3.13. The first kappa shape index (κ1) is 15.7. The number of hydrogen-bond acceptors (Lipinski definition) is 3. The predicted octanol–water partition coefficient (Wildman–Crippen LogP) is 4.34. The number of rotatable bonds is 7. The lowest BCUT2D eigenvalue weighted by atomic mass is 10.2. The third-order valence-corrected chi connectivity index (χ3v) is 4.22. The van der Waals surface area contributed by atoms with Crippen molar-refractivity contribution in [3.63, 3.8) is 0 Å². The van der Waals surface area contributed by atoms with Gasteiger partial charge in [-0.1, -0.05) is 18.2 Å². The van der Waals surface area contributed by atoms with Gasteiger partial charge in [0.1, 0.15) is 11.5 Å². The molecule has 1 aromatic heterocycles. The molecule has 1 amide bonds. The van der Waals surface area contributed by atoms with E-state index in [-0.39, 0.29) is 11.9 Å². The van der Waals surface area contributed by atoms with Gasteiger partial charge >= 0.3 is 0 Å². The summed E-state index contributed by atoms with van der Waals surface area (Å²) in [5.41, 5.74) is 0. The zero-order chi connectivity index (χ0) is 15.1.